The minimum Gasteiger partial charge on any atom is -0.456 e. The van der Waals surface area contributed by atoms with Crippen molar-refractivity contribution in [1.29, 1.82) is 5.26 Å². The van der Waals surface area contributed by atoms with E-state index in [0.29, 0.717) is 45.6 Å². The third-order valence-electron chi connectivity index (χ3n) is 4.51. The maximum absolute atomic E-state index is 12.9. The summed E-state index contributed by atoms with van der Waals surface area (Å²) in [6.45, 7) is 6.85. The second-order valence-electron chi connectivity index (χ2n) is 8.27. The van der Waals surface area contributed by atoms with Gasteiger partial charge in [0.2, 0.25) is 0 Å². The molecule has 2 aromatic heterocycles. The largest absolute Gasteiger partial charge is 0.456 e. The molecule has 1 N–H and O–H groups in total. The van der Waals surface area contributed by atoms with E-state index in [1.54, 1.807) is 36.5 Å². The van der Waals surface area contributed by atoms with Crippen molar-refractivity contribution in [1.82, 2.24) is 9.55 Å². The minimum absolute atomic E-state index is 0.405. The van der Waals surface area contributed by atoms with Crippen molar-refractivity contribution in [3.63, 3.8) is 0 Å². The Morgan fingerprint density at radius 2 is 1.97 bits per heavy atom. The van der Waals surface area contributed by atoms with E-state index in [4.69, 9.17) is 33.2 Å². The summed E-state index contributed by atoms with van der Waals surface area (Å²) in [5.74, 6) is 0.303. The van der Waals surface area contributed by atoms with Crippen molar-refractivity contribution in [2.45, 2.75) is 39.3 Å². The molecule has 0 fully saturated rings. The van der Waals surface area contributed by atoms with Gasteiger partial charge in [-0.05, 0) is 51.5 Å². The molecule has 3 rings (SSSR count). The Bertz CT molecular complexity index is 1140. The number of aromatic nitrogens is 2. The number of hydrogen-bond acceptors (Lipinski definition) is 5. The van der Waals surface area contributed by atoms with Gasteiger partial charge in [0, 0.05) is 52.9 Å². The Morgan fingerprint density at radius 1 is 1.19 bits per heavy atom. The molecule has 166 valence electrons. The van der Waals surface area contributed by atoms with Gasteiger partial charge >= 0.3 is 5.97 Å². The van der Waals surface area contributed by atoms with Gasteiger partial charge < -0.3 is 14.6 Å². The lowest BCUT2D eigenvalue weighted by molar-refractivity contribution is 0.00703. The Labute approximate surface area is 197 Å². The summed E-state index contributed by atoms with van der Waals surface area (Å²) in [4.78, 5) is 17.1. The Morgan fingerprint density at radius 3 is 2.59 bits per heavy atom. The van der Waals surface area contributed by atoms with Crippen LogP contribution in [0.15, 0.2) is 48.9 Å². The highest BCUT2D eigenvalue weighted by Gasteiger charge is 2.23. The summed E-state index contributed by atoms with van der Waals surface area (Å²) in [7, 11) is 0. The molecule has 8 heteroatoms. The van der Waals surface area contributed by atoms with Gasteiger partial charge in [0.05, 0.1) is 11.1 Å². The zero-order valence-corrected chi connectivity index (χ0v) is 19.7. The molecule has 0 unspecified atom stereocenters. The molecule has 0 saturated heterocycles. The van der Waals surface area contributed by atoms with Gasteiger partial charge in [0.15, 0.2) is 0 Å². The van der Waals surface area contributed by atoms with Crippen LogP contribution in [-0.4, -0.2) is 27.7 Å². The van der Waals surface area contributed by atoms with E-state index < -0.39 is 11.6 Å². The predicted octanol–water partition coefficient (Wildman–Crippen LogP) is 6.19. The Balaban J connectivity index is 1.75. The fraction of sp³-hybridized carbons (Fsp3) is 0.292. The van der Waals surface area contributed by atoms with E-state index in [1.807, 2.05) is 37.6 Å². The monoisotopic (exact) mass is 470 g/mol. The normalized spacial score (nSPS) is 11.1. The zero-order chi connectivity index (χ0) is 23.3. The van der Waals surface area contributed by atoms with Crippen molar-refractivity contribution >= 4 is 35.0 Å². The standard InChI is InChI=1S/C24H24Cl2N4O2/c1-24(2,3)32-23(31)20-15-30(14-19(20)18-7-6-17(25)11-21(18)26)10-4-9-28-22-8-5-16(12-27)13-29-22/h5-8,11,13-15H,4,9-10H2,1-3H3,(H,28,29). The molecule has 0 bridgehead atoms. The number of carbonyl (C=O) groups excluding carboxylic acids is 1. The summed E-state index contributed by atoms with van der Waals surface area (Å²) < 4.78 is 7.55. The first-order valence-corrected chi connectivity index (χ1v) is 10.9. The number of esters is 1. The molecule has 0 aliphatic carbocycles. The Hall–Kier alpha value is -3.01. The SMILES string of the molecule is CC(C)(C)OC(=O)c1cn(CCCNc2ccc(C#N)cn2)cc1-c1ccc(Cl)cc1Cl. The molecule has 3 aromatic rings. The van der Waals surface area contributed by atoms with E-state index in [9.17, 15) is 4.79 Å². The number of nitrogens with one attached hydrogen (secondary N) is 1. The number of ether oxygens (including phenoxy) is 1. The number of hydrogen-bond donors (Lipinski definition) is 1. The van der Waals surface area contributed by atoms with E-state index >= 15 is 0 Å². The van der Waals surface area contributed by atoms with E-state index in [1.165, 1.54) is 6.20 Å². The molecule has 6 nitrogen and oxygen atoms in total. The molecule has 0 spiro atoms. The van der Waals surface area contributed by atoms with Crippen LogP contribution < -0.4 is 5.32 Å². The third kappa shape index (κ3) is 6.25. The molecule has 2 heterocycles. The van der Waals surface area contributed by atoms with Gasteiger partial charge in [-0.2, -0.15) is 5.26 Å². The van der Waals surface area contributed by atoms with Crippen LogP contribution in [0.5, 0.6) is 0 Å². The molecule has 0 amide bonds. The van der Waals surface area contributed by atoms with Crippen LogP contribution in [-0.2, 0) is 11.3 Å². The topological polar surface area (TPSA) is 79.9 Å². The quantitative estimate of drug-likeness (QED) is 0.329. The number of carbonyl (C=O) groups is 1. The fourth-order valence-corrected chi connectivity index (χ4v) is 3.61. The van der Waals surface area contributed by atoms with Gasteiger partial charge in [0.1, 0.15) is 17.5 Å². The average Bonchev–Trinajstić information content (AvgIpc) is 3.14. The van der Waals surface area contributed by atoms with Crippen LogP contribution in [0.4, 0.5) is 5.82 Å². The maximum atomic E-state index is 12.9. The smallest absolute Gasteiger partial charge is 0.340 e. The molecular weight excluding hydrogens is 447 g/mol. The number of benzene rings is 1. The van der Waals surface area contributed by atoms with Crippen LogP contribution in [0.25, 0.3) is 11.1 Å². The van der Waals surface area contributed by atoms with Crippen LogP contribution in [0.1, 0.15) is 43.1 Å². The molecule has 0 aliphatic heterocycles. The van der Waals surface area contributed by atoms with Gasteiger partial charge in [-0.3, -0.25) is 0 Å². The molecule has 0 atom stereocenters. The van der Waals surface area contributed by atoms with Crippen molar-refractivity contribution < 1.29 is 9.53 Å². The third-order valence-corrected chi connectivity index (χ3v) is 5.06. The highest BCUT2D eigenvalue weighted by Crippen LogP contribution is 2.34. The van der Waals surface area contributed by atoms with E-state index in [2.05, 4.69) is 10.3 Å². The first-order valence-electron chi connectivity index (χ1n) is 10.1. The Kier molecular flexibility index (Phi) is 7.44. The number of nitriles is 1. The zero-order valence-electron chi connectivity index (χ0n) is 18.2. The first kappa shape index (κ1) is 23.6. The summed E-state index contributed by atoms with van der Waals surface area (Å²) in [5, 5.41) is 13.1. The van der Waals surface area contributed by atoms with Crippen LogP contribution in [0, 0.1) is 11.3 Å². The highest BCUT2D eigenvalue weighted by atomic mass is 35.5. The van der Waals surface area contributed by atoms with Gasteiger partial charge in [-0.25, -0.2) is 9.78 Å². The van der Waals surface area contributed by atoms with Crippen LogP contribution >= 0.6 is 23.2 Å². The summed E-state index contributed by atoms with van der Waals surface area (Å²) in [5.41, 5.74) is 1.77. The van der Waals surface area contributed by atoms with Gasteiger partial charge in [-0.1, -0.05) is 29.3 Å². The fourth-order valence-electron chi connectivity index (χ4n) is 3.10. The lowest BCUT2D eigenvalue weighted by Gasteiger charge is -2.19. The molecule has 0 saturated carbocycles. The first-order chi connectivity index (χ1) is 15.2. The van der Waals surface area contributed by atoms with Crippen LogP contribution in [0.3, 0.4) is 0 Å². The number of aryl methyl sites for hydroxylation is 1. The number of anilines is 1. The maximum Gasteiger partial charge on any atom is 0.340 e. The van der Waals surface area contributed by atoms with Crippen LogP contribution in [0.2, 0.25) is 10.0 Å². The number of halogens is 2. The summed E-state index contributed by atoms with van der Waals surface area (Å²) >= 11 is 12.5. The molecule has 1 aromatic carbocycles. The molecular formula is C24H24Cl2N4O2. The second-order valence-corrected chi connectivity index (χ2v) is 9.12. The highest BCUT2D eigenvalue weighted by molar-refractivity contribution is 6.36. The van der Waals surface area contributed by atoms with Crippen molar-refractivity contribution in [2.24, 2.45) is 0 Å². The molecule has 0 aliphatic rings. The van der Waals surface area contributed by atoms with Crippen molar-refractivity contribution in [3.8, 4) is 17.2 Å². The minimum atomic E-state index is -0.613. The van der Waals surface area contributed by atoms with E-state index in [0.717, 1.165) is 12.0 Å². The summed E-state index contributed by atoms with van der Waals surface area (Å²) in [6.07, 6.45) is 6.00. The van der Waals surface area contributed by atoms with Crippen molar-refractivity contribution in [2.75, 3.05) is 11.9 Å². The molecule has 0 radical (unpaired) electrons. The van der Waals surface area contributed by atoms with Gasteiger partial charge in [0.25, 0.3) is 0 Å². The predicted molar refractivity (Wildman–Crippen MR) is 127 cm³/mol. The van der Waals surface area contributed by atoms with Gasteiger partial charge in [-0.15, -0.1) is 0 Å². The number of rotatable bonds is 7. The lowest BCUT2D eigenvalue weighted by Crippen LogP contribution is -2.24. The molecule has 32 heavy (non-hydrogen) atoms. The number of pyridine rings is 1. The summed E-state index contributed by atoms with van der Waals surface area (Å²) in [6, 6.07) is 10.7. The van der Waals surface area contributed by atoms with E-state index in [-0.39, 0.29) is 0 Å². The second kappa shape index (κ2) is 10.1. The lowest BCUT2D eigenvalue weighted by atomic mass is 10.0. The average molecular weight is 471 g/mol. The number of nitrogens with zero attached hydrogens (tertiary/aromatic N) is 3. The van der Waals surface area contributed by atoms with Crippen molar-refractivity contribution in [3.05, 3.63) is 70.1 Å².